The van der Waals surface area contributed by atoms with Crippen LogP contribution in [0.15, 0.2) is 0 Å². The molecule has 0 N–H and O–H groups in total. The molecule has 1 atom stereocenters. The summed E-state index contributed by atoms with van der Waals surface area (Å²) in [6.07, 6.45) is 4.23. The zero-order chi connectivity index (χ0) is 10.4. The molecule has 3 nitrogen and oxygen atoms in total. The molecule has 1 heterocycles. The lowest BCUT2D eigenvalue weighted by Crippen LogP contribution is -2.38. The van der Waals surface area contributed by atoms with E-state index in [1.165, 1.54) is 19.3 Å². The molecule has 1 fully saturated rings. The first-order valence-corrected chi connectivity index (χ1v) is 7.71. The average molecular weight is 218 g/mol. The van der Waals surface area contributed by atoms with Crippen molar-refractivity contribution in [3.8, 4) is 0 Å². The first kappa shape index (κ1) is 12.2. The zero-order valence-corrected chi connectivity index (χ0v) is 10.5. The fourth-order valence-electron chi connectivity index (χ4n) is 1.75. The van der Waals surface area contributed by atoms with Gasteiger partial charge in [0.05, 0.1) is 12.7 Å². The van der Waals surface area contributed by atoms with Gasteiger partial charge in [-0.05, 0) is 18.5 Å². The van der Waals surface area contributed by atoms with Gasteiger partial charge in [-0.15, -0.1) is 0 Å². The standard InChI is InChI=1S/C10H22O3Si/c1-4-14(11-2,12-3)8-6-5-7-10-9-13-10/h10H,4-9H2,1-3H3. The SMILES string of the molecule is CC[Si](CCCCC1CO1)(OC)OC. The van der Waals surface area contributed by atoms with Crippen molar-refractivity contribution in [2.45, 2.75) is 44.4 Å². The third-order valence-corrected chi connectivity index (χ3v) is 6.70. The Balaban J connectivity index is 2.11. The third kappa shape index (κ3) is 3.69. The van der Waals surface area contributed by atoms with Crippen LogP contribution in [0.2, 0.25) is 12.1 Å². The number of hydrogen-bond acceptors (Lipinski definition) is 3. The molecule has 0 aromatic heterocycles. The molecule has 0 amide bonds. The van der Waals surface area contributed by atoms with E-state index in [0.717, 1.165) is 18.7 Å². The van der Waals surface area contributed by atoms with Crippen LogP contribution in [-0.2, 0) is 13.6 Å². The second kappa shape index (κ2) is 5.85. The van der Waals surface area contributed by atoms with Gasteiger partial charge in [-0.25, -0.2) is 0 Å². The summed E-state index contributed by atoms with van der Waals surface area (Å²) in [5.74, 6) is 0. The van der Waals surface area contributed by atoms with E-state index >= 15 is 0 Å². The van der Waals surface area contributed by atoms with Gasteiger partial charge in [0.2, 0.25) is 0 Å². The largest absolute Gasteiger partial charge is 0.398 e. The fourth-order valence-corrected chi connectivity index (χ4v) is 4.05. The molecule has 1 aliphatic rings. The summed E-state index contributed by atoms with van der Waals surface area (Å²) in [4.78, 5) is 0. The highest BCUT2D eigenvalue weighted by atomic mass is 28.4. The number of ether oxygens (including phenoxy) is 1. The van der Waals surface area contributed by atoms with Crippen LogP contribution in [0, 0.1) is 0 Å². The van der Waals surface area contributed by atoms with E-state index in [1.807, 2.05) is 0 Å². The third-order valence-electron chi connectivity index (χ3n) is 3.02. The van der Waals surface area contributed by atoms with Gasteiger partial charge in [0, 0.05) is 14.2 Å². The zero-order valence-electron chi connectivity index (χ0n) is 9.54. The molecule has 0 aromatic carbocycles. The molecule has 14 heavy (non-hydrogen) atoms. The van der Waals surface area contributed by atoms with E-state index in [9.17, 15) is 0 Å². The molecular formula is C10H22O3Si. The maximum Gasteiger partial charge on any atom is 0.337 e. The Morgan fingerprint density at radius 3 is 2.36 bits per heavy atom. The van der Waals surface area contributed by atoms with E-state index in [1.54, 1.807) is 14.2 Å². The summed E-state index contributed by atoms with van der Waals surface area (Å²) in [6, 6.07) is 2.16. The summed E-state index contributed by atoms with van der Waals surface area (Å²) in [7, 11) is 1.75. The highest BCUT2D eigenvalue weighted by Crippen LogP contribution is 2.23. The molecule has 0 radical (unpaired) electrons. The van der Waals surface area contributed by atoms with Crippen molar-refractivity contribution < 1.29 is 13.6 Å². The van der Waals surface area contributed by atoms with Gasteiger partial charge in [-0.3, -0.25) is 0 Å². The lowest BCUT2D eigenvalue weighted by molar-refractivity contribution is 0.241. The second-order valence-corrected chi connectivity index (χ2v) is 7.72. The van der Waals surface area contributed by atoms with Gasteiger partial charge >= 0.3 is 8.56 Å². The van der Waals surface area contributed by atoms with Gasteiger partial charge in [0.15, 0.2) is 0 Å². The topological polar surface area (TPSA) is 31.0 Å². The summed E-state index contributed by atoms with van der Waals surface area (Å²) < 4.78 is 16.3. The minimum Gasteiger partial charge on any atom is -0.398 e. The van der Waals surface area contributed by atoms with Crippen LogP contribution in [0.1, 0.15) is 26.2 Å². The molecule has 1 unspecified atom stereocenters. The number of hydrogen-bond donors (Lipinski definition) is 0. The highest BCUT2D eigenvalue weighted by Gasteiger charge is 2.32. The van der Waals surface area contributed by atoms with Gasteiger partial charge < -0.3 is 13.6 Å². The summed E-state index contributed by atoms with van der Waals surface area (Å²) >= 11 is 0. The summed E-state index contributed by atoms with van der Waals surface area (Å²) in [6.45, 7) is 3.13. The van der Waals surface area contributed by atoms with Crippen molar-refractivity contribution in [1.82, 2.24) is 0 Å². The molecule has 0 aromatic rings. The Kier molecular flexibility index (Phi) is 5.09. The van der Waals surface area contributed by atoms with Crippen molar-refractivity contribution in [2.75, 3.05) is 20.8 Å². The molecule has 1 aliphatic heterocycles. The van der Waals surface area contributed by atoms with Crippen LogP contribution < -0.4 is 0 Å². The summed E-state index contributed by atoms with van der Waals surface area (Å²) in [5, 5.41) is 0. The average Bonchev–Trinajstić information content (AvgIpc) is 3.03. The predicted molar refractivity (Wildman–Crippen MR) is 58.7 cm³/mol. The Morgan fingerprint density at radius 1 is 1.29 bits per heavy atom. The first-order valence-electron chi connectivity index (χ1n) is 5.48. The predicted octanol–water partition coefficient (Wildman–Crippen LogP) is 2.31. The van der Waals surface area contributed by atoms with Crippen LogP contribution in [-0.4, -0.2) is 35.5 Å². The summed E-state index contributed by atoms with van der Waals surface area (Å²) in [5.41, 5.74) is 0. The number of epoxide rings is 1. The van der Waals surface area contributed by atoms with Gasteiger partial charge in [0.1, 0.15) is 0 Å². The molecule has 1 rings (SSSR count). The van der Waals surface area contributed by atoms with Gasteiger partial charge in [0.25, 0.3) is 0 Å². The molecule has 0 aliphatic carbocycles. The van der Waals surface area contributed by atoms with E-state index < -0.39 is 8.56 Å². The Bertz CT molecular complexity index is 147. The number of unbranched alkanes of at least 4 members (excludes halogenated alkanes) is 1. The molecule has 0 saturated carbocycles. The lowest BCUT2D eigenvalue weighted by Gasteiger charge is -2.25. The maximum atomic E-state index is 5.54. The van der Waals surface area contributed by atoms with E-state index in [4.69, 9.17) is 13.6 Å². The van der Waals surface area contributed by atoms with E-state index in [2.05, 4.69) is 6.92 Å². The molecular weight excluding hydrogens is 196 g/mol. The van der Waals surface area contributed by atoms with Crippen LogP contribution in [0.4, 0.5) is 0 Å². The second-order valence-electron chi connectivity index (χ2n) is 3.87. The maximum absolute atomic E-state index is 5.54. The van der Waals surface area contributed by atoms with Crippen LogP contribution in [0.25, 0.3) is 0 Å². The van der Waals surface area contributed by atoms with Crippen molar-refractivity contribution in [3.63, 3.8) is 0 Å². The molecule has 4 heteroatoms. The molecule has 0 bridgehead atoms. The quantitative estimate of drug-likeness (QED) is 0.356. The fraction of sp³-hybridized carbons (Fsp3) is 1.00. The molecule has 1 saturated heterocycles. The van der Waals surface area contributed by atoms with Crippen LogP contribution >= 0.6 is 0 Å². The smallest absolute Gasteiger partial charge is 0.337 e. The van der Waals surface area contributed by atoms with Crippen LogP contribution in [0.3, 0.4) is 0 Å². The van der Waals surface area contributed by atoms with E-state index in [-0.39, 0.29) is 0 Å². The normalized spacial score (nSPS) is 21.2. The van der Waals surface area contributed by atoms with Gasteiger partial charge in [-0.2, -0.15) is 0 Å². The van der Waals surface area contributed by atoms with Crippen molar-refractivity contribution in [3.05, 3.63) is 0 Å². The minimum absolute atomic E-state index is 0.567. The first-order chi connectivity index (χ1) is 6.76. The minimum atomic E-state index is -1.81. The molecule has 84 valence electrons. The Morgan fingerprint density at radius 2 is 1.93 bits per heavy atom. The monoisotopic (exact) mass is 218 g/mol. The Labute approximate surface area is 88.0 Å². The lowest BCUT2D eigenvalue weighted by atomic mass is 10.2. The highest BCUT2D eigenvalue weighted by molar-refractivity contribution is 6.67. The molecule has 0 spiro atoms. The number of rotatable bonds is 8. The van der Waals surface area contributed by atoms with Gasteiger partial charge in [-0.1, -0.05) is 19.8 Å². The van der Waals surface area contributed by atoms with Crippen LogP contribution in [0.5, 0.6) is 0 Å². The van der Waals surface area contributed by atoms with E-state index in [0.29, 0.717) is 6.10 Å². The van der Waals surface area contributed by atoms with Crippen molar-refractivity contribution in [2.24, 2.45) is 0 Å². The van der Waals surface area contributed by atoms with Crippen molar-refractivity contribution >= 4 is 8.56 Å². The Hall–Kier alpha value is 0.0969. The van der Waals surface area contributed by atoms with Crippen molar-refractivity contribution in [1.29, 1.82) is 0 Å².